The van der Waals surface area contributed by atoms with Gasteiger partial charge in [0.05, 0.1) is 0 Å². The van der Waals surface area contributed by atoms with Crippen LogP contribution in [0.15, 0.2) is 24.3 Å². The average Bonchev–Trinajstić information content (AvgIpc) is 2.61. The van der Waals surface area contributed by atoms with Crippen LogP contribution < -0.4 is 5.73 Å². The number of urea groups is 1. The Labute approximate surface area is 106 Å². The fourth-order valence-electron chi connectivity index (χ4n) is 1.95. The largest absolute Gasteiger partial charge is 0.389 e. The first kappa shape index (κ1) is 11.9. The van der Waals surface area contributed by atoms with Crippen molar-refractivity contribution in [3.05, 3.63) is 35.4 Å². The molecular weight excluding hydrogens is 234 g/mol. The Kier molecular flexibility index (Phi) is 3.28. The molecule has 2 rings (SSSR count). The molecule has 0 saturated carbocycles. The molecule has 1 aromatic rings. The van der Waals surface area contributed by atoms with E-state index in [-0.39, 0.29) is 6.03 Å². The molecular formula is C12H15N3OS. The number of rotatable bonds is 3. The minimum Gasteiger partial charge on any atom is -0.389 e. The van der Waals surface area contributed by atoms with Crippen LogP contribution in [-0.4, -0.2) is 41.0 Å². The summed E-state index contributed by atoms with van der Waals surface area (Å²) in [4.78, 5) is 15.7. The maximum Gasteiger partial charge on any atom is 0.320 e. The van der Waals surface area contributed by atoms with Gasteiger partial charge in [0, 0.05) is 32.2 Å². The maximum absolute atomic E-state index is 11.8. The smallest absolute Gasteiger partial charge is 0.320 e. The van der Waals surface area contributed by atoms with Crippen LogP contribution in [0.1, 0.15) is 11.1 Å². The maximum atomic E-state index is 11.8. The van der Waals surface area contributed by atoms with Gasteiger partial charge in [-0.05, 0) is 5.56 Å². The second-order valence-electron chi connectivity index (χ2n) is 4.15. The third kappa shape index (κ3) is 2.39. The zero-order valence-corrected chi connectivity index (χ0v) is 10.5. The van der Waals surface area contributed by atoms with E-state index >= 15 is 0 Å². The Morgan fingerprint density at radius 2 is 2.12 bits per heavy atom. The lowest BCUT2D eigenvalue weighted by Gasteiger charge is -2.17. The Morgan fingerprint density at radius 3 is 2.71 bits per heavy atom. The van der Waals surface area contributed by atoms with E-state index in [4.69, 9.17) is 18.0 Å². The normalized spacial score (nSPS) is 15.5. The molecule has 0 atom stereocenters. The zero-order valence-electron chi connectivity index (χ0n) is 9.72. The van der Waals surface area contributed by atoms with Gasteiger partial charge in [0.15, 0.2) is 0 Å². The van der Waals surface area contributed by atoms with Gasteiger partial charge in [-0.2, -0.15) is 0 Å². The number of hydrogen-bond donors (Lipinski definition) is 1. The molecule has 0 aliphatic carbocycles. The summed E-state index contributed by atoms with van der Waals surface area (Å²) >= 11 is 5.01. The standard InChI is InChI=1S/C12H15N3OS/c1-14-6-7-15(12(14)16)8-9-4-2-3-5-10(9)11(13)17/h2-5H,6-8H2,1H3,(H2,13,17). The number of amides is 2. The highest BCUT2D eigenvalue weighted by Crippen LogP contribution is 2.15. The highest BCUT2D eigenvalue weighted by molar-refractivity contribution is 7.80. The fourth-order valence-corrected chi connectivity index (χ4v) is 2.15. The summed E-state index contributed by atoms with van der Waals surface area (Å²) in [6.45, 7) is 2.09. The van der Waals surface area contributed by atoms with Crippen LogP contribution in [0.3, 0.4) is 0 Å². The molecule has 17 heavy (non-hydrogen) atoms. The van der Waals surface area contributed by atoms with Crippen molar-refractivity contribution in [1.82, 2.24) is 9.80 Å². The molecule has 0 aromatic heterocycles. The van der Waals surface area contributed by atoms with E-state index in [1.54, 1.807) is 9.80 Å². The second-order valence-corrected chi connectivity index (χ2v) is 4.59. The van der Waals surface area contributed by atoms with Crippen molar-refractivity contribution in [1.29, 1.82) is 0 Å². The summed E-state index contributed by atoms with van der Waals surface area (Å²) in [5, 5.41) is 0. The number of nitrogens with zero attached hydrogens (tertiary/aromatic N) is 2. The van der Waals surface area contributed by atoms with Crippen LogP contribution in [0.2, 0.25) is 0 Å². The van der Waals surface area contributed by atoms with Gasteiger partial charge in [0.1, 0.15) is 4.99 Å². The predicted molar refractivity (Wildman–Crippen MR) is 70.8 cm³/mol. The van der Waals surface area contributed by atoms with Crippen molar-refractivity contribution in [3.8, 4) is 0 Å². The molecule has 1 aliphatic heterocycles. The summed E-state index contributed by atoms with van der Waals surface area (Å²) in [6, 6.07) is 7.74. The van der Waals surface area contributed by atoms with Crippen molar-refractivity contribution in [2.75, 3.05) is 20.1 Å². The number of carbonyl (C=O) groups excluding carboxylic acids is 1. The molecule has 2 amide bonds. The van der Waals surface area contributed by atoms with Crippen LogP contribution >= 0.6 is 12.2 Å². The van der Waals surface area contributed by atoms with Gasteiger partial charge in [-0.15, -0.1) is 0 Å². The highest BCUT2D eigenvalue weighted by atomic mass is 32.1. The van der Waals surface area contributed by atoms with Crippen molar-refractivity contribution >= 4 is 23.2 Å². The van der Waals surface area contributed by atoms with Gasteiger partial charge in [0.2, 0.25) is 0 Å². The topological polar surface area (TPSA) is 49.6 Å². The minimum absolute atomic E-state index is 0.0581. The van der Waals surface area contributed by atoms with Crippen LogP contribution in [0.25, 0.3) is 0 Å². The van der Waals surface area contributed by atoms with E-state index in [0.29, 0.717) is 11.5 Å². The number of nitrogens with two attached hydrogens (primary N) is 1. The second kappa shape index (κ2) is 4.71. The molecule has 1 saturated heterocycles. The number of carbonyl (C=O) groups is 1. The molecule has 1 aliphatic rings. The molecule has 90 valence electrons. The van der Waals surface area contributed by atoms with Gasteiger partial charge >= 0.3 is 6.03 Å². The molecule has 1 heterocycles. The lowest BCUT2D eigenvalue weighted by Crippen LogP contribution is -2.29. The van der Waals surface area contributed by atoms with Crippen molar-refractivity contribution in [3.63, 3.8) is 0 Å². The van der Waals surface area contributed by atoms with E-state index in [1.165, 1.54) is 0 Å². The predicted octanol–water partition coefficient (Wildman–Crippen LogP) is 1.19. The third-order valence-corrected chi connectivity index (χ3v) is 3.17. The van der Waals surface area contributed by atoms with Crippen LogP contribution in [-0.2, 0) is 6.54 Å². The number of benzene rings is 1. The molecule has 5 heteroatoms. The molecule has 0 bridgehead atoms. The molecule has 1 aromatic carbocycles. The number of likely N-dealkylation sites (N-methyl/N-ethyl adjacent to an activating group) is 1. The summed E-state index contributed by atoms with van der Waals surface area (Å²) in [6.07, 6.45) is 0. The van der Waals surface area contributed by atoms with Crippen LogP contribution in [0.4, 0.5) is 4.79 Å². The van der Waals surface area contributed by atoms with Crippen molar-refractivity contribution in [2.24, 2.45) is 5.73 Å². The van der Waals surface area contributed by atoms with E-state index in [0.717, 1.165) is 24.2 Å². The van der Waals surface area contributed by atoms with Gasteiger partial charge in [-0.1, -0.05) is 36.5 Å². The lowest BCUT2D eigenvalue weighted by atomic mass is 10.1. The van der Waals surface area contributed by atoms with Crippen molar-refractivity contribution in [2.45, 2.75) is 6.54 Å². The van der Waals surface area contributed by atoms with Gasteiger partial charge in [-0.3, -0.25) is 0 Å². The summed E-state index contributed by atoms with van der Waals surface area (Å²) < 4.78 is 0. The number of thiocarbonyl (C=S) groups is 1. The van der Waals surface area contributed by atoms with E-state index < -0.39 is 0 Å². The summed E-state index contributed by atoms with van der Waals surface area (Å²) in [5.41, 5.74) is 7.52. The third-order valence-electron chi connectivity index (χ3n) is 2.95. The molecule has 0 spiro atoms. The molecule has 0 radical (unpaired) electrons. The molecule has 0 unspecified atom stereocenters. The fraction of sp³-hybridized carbons (Fsp3) is 0.333. The first-order chi connectivity index (χ1) is 8.09. The van der Waals surface area contributed by atoms with E-state index in [1.807, 2.05) is 31.3 Å². The Bertz CT molecular complexity index is 461. The number of hydrogen-bond acceptors (Lipinski definition) is 2. The van der Waals surface area contributed by atoms with Gasteiger partial charge < -0.3 is 15.5 Å². The Balaban J connectivity index is 2.19. The van der Waals surface area contributed by atoms with E-state index in [2.05, 4.69) is 0 Å². The van der Waals surface area contributed by atoms with Crippen LogP contribution in [0, 0.1) is 0 Å². The monoisotopic (exact) mass is 249 g/mol. The van der Waals surface area contributed by atoms with Gasteiger partial charge in [-0.25, -0.2) is 4.79 Å². The SMILES string of the molecule is CN1CCN(Cc2ccccc2C(N)=S)C1=O. The molecule has 4 nitrogen and oxygen atoms in total. The summed E-state index contributed by atoms with van der Waals surface area (Å²) in [7, 11) is 1.81. The molecule has 2 N–H and O–H groups in total. The first-order valence-electron chi connectivity index (χ1n) is 5.47. The quantitative estimate of drug-likeness (QED) is 0.819. The Hall–Kier alpha value is -1.62. The zero-order chi connectivity index (χ0) is 12.4. The highest BCUT2D eigenvalue weighted by Gasteiger charge is 2.25. The first-order valence-corrected chi connectivity index (χ1v) is 5.88. The van der Waals surface area contributed by atoms with E-state index in [9.17, 15) is 4.79 Å². The van der Waals surface area contributed by atoms with Gasteiger partial charge in [0.25, 0.3) is 0 Å². The van der Waals surface area contributed by atoms with Crippen molar-refractivity contribution < 1.29 is 4.79 Å². The summed E-state index contributed by atoms with van der Waals surface area (Å²) in [5.74, 6) is 0. The molecule has 1 fully saturated rings. The average molecular weight is 249 g/mol. The minimum atomic E-state index is 0.0581. The lowest BCUT2D eigenvalue weighted by molar-refractivity contribution is 0.197. The van der Waals surface area contributed by atoms with Crippen LogP contribution in [0.5, 0.6) is 0 Å². The Morgan fingerprint density at radius 1 is 1.41 bits per heavy atom.